The molecule has 0 aliphatic heterocycles. The van der Waals surface area contributed by atoms with Gasteiger partial charge in [0.05, 0.1) is 13.2 Å². The predicted octanol–water partition coefficient (Wildman–Crippen LogP) is 4.27. The van der Waals surface area contributed by atoms with Crippen molar-refractivity contribution in [1.82, 2.24) is 20.6 Å². The molecule has 3 aromatic rings. The molecule has 0 saturated heterocycles. The van der Waals surface area contributed by atoms with Gasteiger partial charge in [-0.3, -0.25) is 0 Å². The first kappa shape index (κ1) is 22.4. The molecule has 3 N–H and O–H groups in total. The van der Waals surface area contributed by atoms with Gasteiger partial charge in [-0.1, -0.05) is 18.2 Å². The summed E-state index contributed by atoms with van der Waals surface area (Å²) in [6.07, 6.45) is 7.38. The summed E-state index contributed by atoms with van der Waals surface area (Å²) in [5.41, 5.74) is 3.59. The minimum absolute atomic E-state index is 0. The van der Waals surface area contributed by atoms with Gasteiger partial charge in [-0.2, -0.15) is 0 Å². The van der Waals surface area contributed by atoms with Gasteiger partial charge in [0, 0.05) is 42.5 Å². The molecule has 1 aromatic carbocycles. The monoisotopic (exact) mass is 519 g/mol. The number of ether oxygens (including phenoxy) is 1. The van der Waals surface area contributed by atoms with Gasteiger partial charge in [0.2, 0.25) is 5.88 Å². The number of aromatic nitrogens is 2. The van der Waals surface area contributed by atoms with Crippen molar-refractivity contribution < 1.29 is 4.74 Å². The molecule has 0 atom stereocenters. The Kier molecular flexibility index (Phi) is 8.36. The third-order valence-corrected chi connectivity index (χ3v) is 5.09. The zero-order valence-electron chi connectivity index (χ0n) is 17.4. The molecule has 2 heterocycles. The standard InChI is InChI=1S/C23H29N5O.HI/c1-2-24-23(26-12-10-19-15-27-21-6-4-3-5-20(19)21)28-14-18-9-11-25-22(13-18)29-16-17-7-8-17;/h3-6,9,11,13,15,17,27H,2,7-8,10,12,14,16H2,1H3,(H2,24,26,28);1H. The maximum atomic E-state index is 5.77. The highest BCUT2D eigenvalue weighted by molar-refractivity contribution is 14.0. The SMILES string of the molecule is CCNC(=NCc1ccnc(OCC2CC2)c1)NCCc1c[nH]c2ccccc12.I. The molecule has 0 bridgehead atoms. The average Bonchev–Trinajstić information content (AvgIpc) is 3.50. The normalized spacial score (nSPS) is 13.7. The van der Waals surface area contributed by atoms with Crippen LogP contribution < -0.4 is 15.4 Å². The maximum absolute atomic E-state index is 5.77. The van der Waals surface area contributed by atoms with Crippen LogP contribution in [0.1, 0.15) is 30.9 Å². The molecule has 30 heavy (non-hydrogen) atoms. The fourth-order valence-electron chi connectivity index (χ4n) is 3.28. The van der Waals surface area contributed by atoms with Gasteiger partial charge < -0.3 is 20.4 Å². The van der Waals surface area contributed by atoms with E-state index >= 15 is 0 Å². The predicted molar refractivity (Wildman–Crippen MR) is 133 cm³/mol. The van der Waals surface area contributed by atoms with Crippen LogP contribution in [0.4, 0.5) is 0 Å². The first-order valence-corrected chi connectivity index (χ1v) is 10.5. The van der Waals surface area contributed by atoms with Crippen LogP contribution in [0.5, 0.6) is 5.88 Å². The Balaban J connectivity index is 0.00000256. The number of para-hydroxylation sites is 1. The number of fused-ring (bicyclic) bond motifs is 1. The van der Waals surface area contributed by atoms with E-state index in [1.54, 1.807) is 6.20 Å². The van der Waals surface area contributed by atoms with Crippen LogP contribution in [0.2, 0.25) is 0 Å². The summed E-state index contributed by atoms with van der Waals surface area (Å²) in [6, 6.07) is 12.4. The van der Waals surface area contributed by atoms with E-state index in [1.165, 1.54) is 29.3 Å². The fourth-order valence-corrected chi connectivity index (χ4v) is 3.28. The second-order valence-electron chi connectivity index (χ2n) is 7.49. The number of halogens is 1. The lowest BCUT2D eigenvalue weighted by molar-refractivity contribution is 0.288. The number of hydrogen-bond acceptors (Lipinski definition) is 3. The van der Waals surface area contributed by atoms with Crippen molar-refractivity contribution in [2.24, 2.45) is 10.9 Å². The van der Waals surface area contributed by atoms with Crippen molar-refractivity contribution in [3.05, 3.63) is 59.9 Å². The van der Waals surface area contributed by atoms with E-state index in [-0.39, 0.29) is 24.0 Å². The van der Waals surface area contributed by atoms with Crippen LogP contribution in [0, 0.1) is 5.92 Å². The van der Waals surface area contributed by atoms with Crippen LogP contribution in [0.15, 0.2) is 53.8 Å². The highest BCUT2D eigenvalue weighted by atomic mass is 127. The molecule has 160 valence electrons. The molecule has 0 radical (unpaired) electrons. The molecule has 1 fully saturated rings. The van der Waals surface area contributed by atoms with Gasteiger partial charge in [0.15, 0.2) is 5.96 Å². The lowest BCUT2D eigenvalue weighted by atomic mass is 10.1. The second-order valence-corrected chi connectivity index (χ2v) is 7.49. The molecule has 6 nitrogen and oxygen atoms in total. The summed E-state index contributed by atoms with van der Waals surface area (Å²) in [4.78, 5) is 12.4. The van der Waals surface area contributed by atoms with Gasteiger partial charge in [-0.15, -0.1) is 24.0 Å². The Labute approximate surface area is 194 Å². The van der Waals surface area contributed by atoms with Crippen LogP contribution in [0.25, 0.3) is 10.9 Å². The lowest BCUT2D eigenvalue weighted by Crippen LogP contribution is -2.38. The average molecular weight is 519 g/mol. The van der Waals surface area contributed by atoms with Gasteiger partial charge in [-0.25, -0.2) is 9.98 Å². The highest BCUT2D eigenvalue weighted by Gasteiger charge is 2.22. The Morgan fingerprint density at radius 2 is 2.10 bits per heavy atom. The minimum Gasteiger partial charge on any atom is -0.477 e. The molecule has 1 saturated carbocycles. The van der Waals surface area contributed by atoms with E-state index in [9.17, 15) is 0 Å². The third-order valence-electron chi connectivity index (χ3n) is 5.09. The summed E-state index contributed by atoms with van der Waals surface area (Å²) in [7, 11) is 0. The molecule has 0 spiro atoms. The first-order chi connectivity index (χ1) is 14.3. The van der Waals surface area contributed by atoms with Crippen molar-refractivity contribution >= 4 is 40.8 Å². The lowest BCUT2D eigenvalue weighted by Gasteiger charge is -2.11. The summed E-state index contributed by atoms with van der Waals surface area (Å²) >= 11 is 0. The number of benzene rings is 1. The molecule has 2 aromatic heterocycles. The van der Waals surface area contributed by atoms with Crippen molar-refractivity contribution in [2.45, 2.75) is 32.7 Å². The van der Waals surface area contributed by atoms with E-state index < -0.39 is 0 Å². The van der Waals surface area contributed by atoms with Crippen LogP contribution in [-0.4, -0.2) is 35.6 Å². The molecule has 7 heteroatoms. The maximum Gasteiger partial charge on any atom is 0.213 e. The molecule has 0 amide bonds. The van der Waals surface area contributed by atoms with Crippen molar-refractivity contribution in [3.63, 3.8) is 0 Å². The van der Waals surface area contributed by atoms with Crippen LogP contribution in [-0.2, 0) is 13.0 Å². The molecular formula is C23H30IN5O. The topological polar surface area (TPSA) is 74.3 Å². The Morgan fingerprint density at radius 3 is 2.93 bits per heavy atom. The molecular weight excluding hydrogens is 489 g/mol. The zero-order valence-corrected chi connectivity index (χ0v) is 19.7. The van der Waals surface area contributed by atoms with E-state index in [2.05, 4.69) is 58.0 Å². The smallest absolute Gasteiger partial charge is 0.213 e. The molecule has 4 rings (SSSR count). The van der Waals surface area contributed by atoms with Crippen molar-refractivity contribution in [3.8, 4) is 5.88 Å². The zero-order chi connectivity index (χ0) is 19.9. The second kappa shape index (κ2) is 11.2. The van der Waals surface area contributed by atoms with Crippen LogP contribution in [0.3, 0.4) is 0 Å². The molecule has 1 aliphatic carbocycles. The minimum atomic E-state index is 0. The number of hydrogen-bond donors (Lipinski definition) is 3. The molecule has 1 aliphatic rings. The summed E-state index contributed by atoms with van der Waals surface area (Å²) in [6.45, 7) is 5.08. The summed E-state index contributed by atoms with van der Waals surface area (Å²) < 4.78 is 5.77. The summed E-state index contributed by atoms with van der Waals surface area (Å²) in [5.74, 6) is 2.24. The van der Waals surface area contributed by atoms with E-state index in [1.807, 2.05) is 12.1 Å². The molecule has 0 unspecified atom stereocenters. The van der Waals surface area contributed by atoms with Gasteiger partial charge in [0.1, 0.15) is 0 Å². The number of H-pyrrole nitrogens is 1. The van der Waals surface area contributed by atoms with E-state index in [0.29, 0.717) is 12.4 Å². The fraction of sp³-hybridized carbons (Fsp3) is 0.391. The highest BCUT2D eigenvalue weighted by Crippen LogP contribution is 2.29. The number of pyridine rings is 1. The Bertz CT molecular complexity index is 967. The number of nitrogens with zero attached hydrogens (tertiary/aromatic N) is 2. The number of nitrogens with one attached hydrogen (secondary N) is 3. The van der Waals surface area contributed by atoms with E-state index in [0.717, 1.165) is 43.6 Å². The van der Waals surface area contributed by atoms with Gasteiger partial charge in [-0.05, 0) is 55.4 Å². The number of aliphatic imine (C=N–C) groups is 1. The summed E-state index contributed by atoms with van der Waals surface area (Å²) in [5, 5.41) is 8.04. The van der Waals surface area contributed by atoms with Crippen molar-refractivity contribution in [1.29, 1.82) is 0 Å². The van der Waals surface area contributed by atoms with Gasteiger partial charge >= 0.3 is 0 Å². The van der Waals surface area contributed by atoms with Gasteiger partial charge in [0.25, 0.3) is 0 Å². The van der Waals surface area contributed by atoms with Crippen LogP contribution >= 0.6 is 24.0 Å². The number of rotatable bonds is 9. The van der Waals surface area contributed by atoms with E-state index in [4.69, 9.17) is 9.73 Å². The largest absolute Gasteiger partial charge is 0.477 e. The number of guanidine groups is 1. The third kappa shape index (κ3) is 6.35. The Morgan fingerprint density at radius 1 is 1.23 bits per heavy atom. The quantitative estimate of drug-likeness (QED) is 0.224. The van der Waals surface area contributed by atoms with Crippen molar-refractivity contribution in [2.75, 3.05) is 19.7 Å². The Hall–Kier alpha value is -2.29. The number of aromatic amines is 1. The first-order valence-electron chi connectivity index (χ1n) is 10.5.